The van der Waals surface area contributed by atoms with Gasteiger partial charge >= 0.3 is 6.09 Å². The van der Waals surface area contributed by atoms with Crippen LogP contribution in [-0.2, 0) is 4.74 Å². The van der Waals surface area contributed by atoms with Crippen molar-refractivity contribution in [3.05, 3.63) is 0 Å². The van der Waals surface area contributed by atoms with Gasteiger partial charge in [0.05, 0.1) is 12.6 Å². The van der Waals surface area contributed by atoms with Crippen molar-refractivity contribution in [2.24, 2.45) is 5.41 Å². The number of methoxy groups -OCH3 is 1. The molecule has 3 nitrogen and oxygen atoms in total. The van der Waals surface area contributed by atoms with Gasteiger partial charge in [-0.15, -0.1) is 0 Å². The predicted octanol–water partition coefficient (Wildman–Crippen LogP) is 2.80. The molecule has 2 aliphatic heterocycles. The van der Waals surface area contributed by atoms with E-state index in [2.05, 4.69) is 20.8 Å². The summed E-state index contributed by atoms with van der Waals surface area (Å²) >= 11 is 0. The minimum Gasteiger partial charge on any atom is -0.453 e. The molecule has 2 aliphatic rings. The Labute approximate surface area is 91.8 Å². The Hall–Kier alpha value is -0.730. The van der Waals surface area contributed by atoms with Gasteiger partial charge in [-0.05, 0) is 31.1 Å². The molecule has 0 saturated carbocycles. The van der Waals surface area contributed by atoms with Gasteiger partial charge in [0.15, 0.2) is 0 Å². The van der Waals surface area contributed by atoms with Crippen LogP contribution in [0, 0.1) is 5.41 Å². The summed E-state index contributed by atoms with van der Waals surface area (Å²) in [5.74, 6) is 0. The molecule has 2 fully saturated rings. The highest BCUT2D eigenvalue weighted by Crippen LogP contribution is 2.55. The van der Waals surface area contributed by atoms with E-state index in [9.17, 15) is 4.79 Å². The molecule has 2 heterocycles. The number of carbonyl (C=O) groups is 1. The molecule has 2 rings (SSSR count). The first-order valence-electron chi connectivity index (χ1n) is 5.80. The lowest BCUT2D eigenvalue weighted by molar-refractivity contribution is 0.0349. The van der Waals surface area contributed by atoms with Gasteiger partial charge in [-0.3, -0.25) is 4.90 Å². The van der Waals surface area contributed by atoms with Gasteiger partial charge in [-0.1, -0.05) is 20.8 Å². The van der Waals surface area contributed by atoms with E-state index in [0.717, 1.165) is 25.7 Å². The highest BCUT2D eigenvalue weighted by atomic mass is 16.5. The number of hydrogen-bond donors (Lipinski definition) is 0. The van der Waals surface area contributed by atoms with E-state index < -0.39 is 0 Å². The van der Waals surface area contributed by atoms with Crippen molar-refractivity contribution in [1.82, 2.24) is 4.90 Å². The van der Waals surface area contributed by atoms with Crippen LogP contribution in [0.5, 0.6) is 0 Å². The van der Waals surface area contributed by atoms with Crippen molar-refractivity contribution in [2.75, 3.05) is 7.11 Å². The van der Waals surface area contributed by atoms with E-state index >= 15 is 0 Å². The maximum atomic E-state index is 11.8. The third kappa shape index (κ3) is 1.28. The zero-order valence-corrected chi connectivity index (χ0v) is 10.2. The van der Waals surface area contributed by atoms with Crippen molar-refractivity contribution in [3.8, 4) is 0 Å². The molecule has 0 spiro atoms. The topological polar surface area (TPSA) is 29.5 Å². The molecule has 0 aromatic carbocycles. The van der Waals surface area contributed by atoms with E-state index in [0.29, 0.717) is 6.04 Å². The smallest absolute Gasteiger partial charge is 0.410 e. The van der Waals surface area contributed by atoms with Crippen LogP contribution in [0.3, 0.4) is 0 Å². The summed E-state index contributed by atoms with van der Waals surface area (Å²) in [4.78, 5) is 13.9. The molecule has 0 aromatic heterocycles. The van der Waals surface area contributed by atoms with E-state index in [-0.39, 0.29) is 17.0 Å². The molecule has 1 amide bonds. The first kappa shape index (κ1) is 10.8. The molecule has 0 atom stereocenters. The zero-order valence-electron chi connectivity index (χ0n) is 10.2. The van der Waals surface area contributed by atoms with E-state index in [1.165, 1.54) is 7.11 Å². The molecule has 0 radical (unpaired) electrons. The lowest BCUT2D eigenvalue weighted by Gasteiger charge is -2.44. The fourth-order valence-corrected chi connectivity index (χ4v) is 3.46. The highest BCUT2D eigenvalue weighted by Gasteiger charge is 2.59. The fourth-order valence-electron chi connectivity index (χ4n) is 3.46. The Morgan fingerprint density at radius 3 is 2.27 bits per heavy atom. The number of ether oxygens (including phenoxy) is 1. The summed E-state index contributed by atoms with van der Waals surface area (Å²) in [6.07, 6.45) is 4.43. The number of carbonyl (C=O) groups excluding carboxylic acids is 1. The second-order valence-electron chi connectivity index (χ2n) is 5.85. The molecule has 0 aliphatic carbocycles. The number of fused-ring (bicyclic) bond motifs is 2. The van der Waals surface area contributed by atoms with Crippen LogP contribution in [0.2, 0.25) is 0 Å². The third-order valence-corrected chi connectivity index (χ3v) is 4.38. The summed E-state index contributed by atoms with van der Waals surface area (Å²) in [5, 5.41) is 0. The van der Waals surface area contributed by atoms with E-state index in [1.54, 1.807) is 0 Å². The van der Waals surface area contributed by atoms with Crippen molar-refractivity contribution < 1.29 is 9.53 Å². The average Bonchev–Trinajstić information content (AvgIpc) is 2.71. The van der Waals surface area contributed by atoms with Crippen LogP contribution in [0.15, 0.2) is 0 Å². The van der Waals surface area contributed by atoms with Gasteiger partial charge in [-0.25, -0.2) is 4.79 Å². The van der Waals surface area contributed by atoms with Gasteiger partial charge in [-0.2, -0.15) is 0 Å². The van der Waals surface area contributed by atoms with Gasteiger partial charge in [0, 0.05) is 6.04 Å². The lowest BCUT2D eigenvalue weighted by Crippen LogP contribution is -2.53. The Morgan fingerprint density at radius 2 is 1.87 bits per heavy atom. The number of amides is 1. The lowest BCUT2D eigenvalue weighted by atomic mass is 9.69. The van der Waals surface area contributed by atoms with Crippen molar-refractivity contribution in [3.63, 3.8) is 0 Å². The van der Waals surface area contributed by atoms with Crippen molar-refractivity contribution in [1.29, 1.82) is 0 Å². The molecule has 0 aromatic rings. The third-order valence-electron chi connectivity index (χ3n) is 4.38. The van der Waals surface area contributed by atoms with Gasteiger partial charge in [0.2, 0.25) is 0 Å². The van der Waals surface area contributed by atoms with Crippen LogP contribution in [0.1, 0.15) is 46.5 Å². The number of nitrogens with zero attached hydrogens (tertiary/aromatic N) is 1. The molecular weight excluding hydrogens is 190 g/mol. The Bertz CT molecular complexity index is 272. The van der Waals surface area contributed by atoms with E-state index in [1.807, 2.05) is 4.90 Å². The van der Waals surface area contributed by atoms with Crippen LogP contribution < -0.4 is 0 Å². The van der Waals surface area contributed by atoms with Crippen LogP contribution >= 0.6 is 0 Å². The first-order valence-corrected chi connectivity index (χ1v) is 5.80. The minimum absolute atomic E-state index is 0.0464. The fraction of sp³-hybridized carbons (Fsp3) is 0.917. The maximum absolute atomic E-state index is 11.8. The Balaban J connectivity index is 2.35. The van der Waals surface area contributed by atoms with Gasteiger partial charge in [0.25, 0.3) is 0 Å². The predicted molar refractivity (Wildman–Crippen MR) is 58.7 cm³/mol. The summed E-state index contributed by atoms with van der Waals surface area (Å²) in [6, 6.07) is 0.427. The quantitative estimate of drug-likeness (QED) is 0.616. The molecule has 0 unspecified atom stereocenters. The second kappa shape index (κ2) is 3.13. The molecule has 86 valence electrons. The van der Waals surface area contributed by atoms with Gasteiger partial charge in [0.1, 0.15) is 0 Å². The molecule has 2 bridgehead atoms. The first-order chi connectivity index (χ1) is 6.92. The molecular formula is C12H21NO2. The summed E-state index contributed by atoms with van der Waals surface area (Å²) in [5.41, 5.74) is 0.192. The summed E-state index contributed by atoms with van der Waals surface area (Å²) in [7, 11) is 1.48. The van der Waals surface area contributed by atoms with Crippen LogP contribution in [0.25, 0.3) is 0 Å². The Kier molecular flexibility index (Phi) is 2.25. The maximum Gasteiger partial charge on any atom is 0.410 e. The molecule has 2 saturated heterocycles. The van der Waals surface area contributed by atoms with Crippen LogP contribution in [-0.4, -0.2) is 29.7 Å². The standard InChI is InChI=1S/C12H21NO2/c1-11(2,3)12-7-5-9(6-8-12)13(12)10(14)15-4/h9H,5-8H2,1-4H3. The van der Waals surface area contributed by atoms with E-state index in [4.69, 9.17) is 4.74 Å². The number of rotatable bonds is 0. The largest absolute Gasteiger partial charge is 0.453 e. The van der Waals surface area contributed by atoms with Crippen molar-refractivity contribution in [2.45, 2.75) is 58.0 Å². The van der Waals surface area contributed by atoms with Crippen LogP contribution in [0.4, 0.5) is 4.79 Å². The summed E-state index contributed by atoms with van der Waals surface area (Å²) < 4.78 is 4.92. The Morgan fingerprint density at radius 1 is 1.33 bits per heavy atom. The SMILES string of the molecule is COC(=O)N1C2CCC1(C(C)(C)C)CC2. The second-order valence-corrected chi connectivity index (χ2v) is 5.85. The monoisotopic (exact) mass is 211 g/mol. The molecule has 0 N–H and O–H groups in total. The normalized spacial score (nSPS) is 34.7. The number of hydrogen-bond acceptors (Lipinski definition) is 2. The molecule has 15 heavy (non-hydrogen) atoms. The highest BCUT2D eigenvalue weighted by molar-refractivity contribution is 5.70. The molecule has 3 heteroatoms. The zero-order chi connectivity index (χ0) is 11.3. The summed E-state index contributed by atoms with van der Waals surface area (Å²) in [6.45, 7) is 6.70. The van der Waals surface area contributed by atoms with Crippen molar-refractivity contribution >= 4 is 6.09 Å². The minimum atomic E-state index is -0.134. The van der Waals surface area contributed by atoms with Gasteiger partial charge < -0.3 is 4.74 Å². The average molecular weight is 211 g/mol.